The Morgan fingerprint density at radius 2 is 2.09 bits per heavy atom. The Kier molecular flexibility index (Phi) is 10.4. The number of hydrogen-bond acceptors (Lipinski definition) is 4. The maximum atomic E-state index is 13.6. The Morgan fingerprint density at radius 3 is 2.74 bits per heavy atom. The molecule has 0 fully saturated rings. The van der Waals surface area contributed by atoms with Gasteiger partial charge in [0, 0.05) is 20.1 Å². The van der Waals surface area contributed by atoms with Crippen molar-refractivity contribution in [2.45, 2.75) is 27.3 Å². The van der Waals surface area contributed by atoms with E-state index in [0.29, 0.717) is 41.4 Å². The Bertz CT molecular complexity index is 1290. The highest BCUT2D eigenvalue weighted by Crippen LogP contribution is 2.12. The standard InChI is InChI=1S/C28H32FN5O/c1-7-10-15-30-28-33-25(21(5)31-19-23-13-14-24(29)20(4)16-23)17-26(34(28)6)27(35)32-18-22(11-8-2)12-9-3/h8-9,11-14,16-17,31H,2,5,15,18-19H2,1,3-4,6H3,(H,32,35)/b12-9-,22-11+,30-28?. The molecule has 35 heavy (non-hydrogen) atoms. The molecule has 1 heterocycles. The summed E-state index contributed by atoms with van der Waals surface area (Å²) in [5, 5.41) is 6.14. The number of benzene rings is 1. The van der Waals surface area contributed by atoms with Crippen molar-refractivity contribution in [3.63, 3.8) is 0 Å². The van der Waals surface area contributed by atoms with Crippen LogP contribution in [0.4, 0.5) is 4.39 Å². The molecule has 0 atom stereocenters. The summed E-state index contributed by atoms with van der Waals surface area (Å²) in [6.07, 6.45) is 7.32. The Hall–Kier alpha value is -4.18. The Morgan fingerprint density at radius 1 is 1.31 bits per heavy atom. The SMILES string of the molecule is C=C/C=C(\C=C/C)CNC(=O)c1cc(C(=C)NCc2ccc(F)c(C)c2)nc(=NCC#CC)n1C. The molecule has 1 aromatic carbocycles. The van der Waals surface area contributed by atoms with Gasteiger partial charge in [0.1, 0.15) is 18.1 Å². The summed E-state index contributed by atoms with van der Waals surface area (Å²) in [6, 6.07) is 6.59. The van der Waals surface area contributed by atoms with Crippen molar-refractivity contribution in [1.82, 2.24) is 20.2 Å². The Balaban J connectivity index is 2.35. The number of halogens is 1. The van der Waals surface area contributed by atoms with E-state index in [1.54, 1.807) is 49.7 Å². The van der Waals surface area contributed by atoms with Crippen LogP contribution in [-0.2, 0) is 13.6 Å². The van der Waals surface area contributed by atoms with Crippen LogP contribution in [0.3, 0.4) is 0 Å². The van der Waals surface area contributed by atoms with Crippen LogP contribution < -0.4 is 16.3 Å². The predicted molar refractivity (Wildman–Crippen MR) is 140 cm³/mol. The summed E-state index contributed by atoms with van der Waals surface area (Å²) in [4.78, 5) is 22.1. The van der Waals surface area contributed by atoms with Crippen molar-refractivity contribution >= 4 is 11.6 Å². The lowest BCUT2D eigenvalue weighted by atomic mass is 10.1. The summed E-state index contributed by atoms with van der Waals surface area (Å²) in [5.74, 6) is 5.15. The van der Waals surface area contributed by atoms with Gasteiger partial charge in [-0.15, -0.1) is 5.92 Å². The fourth-order valence-corrected chi connectivity index (χ4v) is 3.18. The van der Waals surface area contributed by atoms with E-state index in [-0.39, 0.29) is 18.3 Å². The number of nitrogens with one attached hydrogen (secondary N) is 2. The Labute approximate surface area is 206 Å². The molecule has 0 saturated carbocycles. The topological polar surface area (TPSA) is 71.3 Å². The van der Waals surface area contributed by atoms with Crippen LogP contribution in [0, 0.1) is 24.6 Å². The third-order valence-electron chi connectivity index (χ3n) is 5.07. The first-order chi connectivity index (χ1) is 16.8. The van der Waals surface area contributed by atoms with Gasteiger partial charge in [-0.1, -0.05) is 55.5 Å². The lowest BCUT2D eigenvalue weighted by Crippen LogP contribution is -2.34. The van der Waals surface area contributed by atoms with Crippen molar-refractivity contribution in [3.8, 4) is 11.8 Å². The van der Waals surface area contributed by atoms with Gasteiger partial charge in [-0.3, -0.25) is 4.79 Å². The maximum Gasteiger partial charge on any atom is 0.268 e. The van der Waals surface area contributed by atoms with Crippen LogP contribution in [0.2, 0.25) is 0 Å². The lowest BCUT2D eigenvalue weighted by Gasteiger charge is -2.15. The first-order valence-electron chi connectivity index (χ1n) is 11.2. The number of carbonyl (C=O) groups is 1. The second-order valence-electron chi connectivity index (χ2n) is 7.70. The number of allylic oxidation sites excluding steroid dienone is 3. The smallest absolute Gasteiger partial charge is 0.268 e. The van der Waals surface area contributed by atoms with E-state index in [0.717, 1.165) is 11.1 Å². The molecule has 1 amide bonds. The van der Waals surface area contributed by atoms with Gasteiger partial charge in [-0.25, -0.2) is 14.4 Å². The number of aryl methyl sites for hydroxylation is 1. The molecular formula is C28H32FN5O. The average molecular weight is 474 g/mol. The first-order valence-corrected chi connectivity index (χ1v) is 11.2. The average Bonchev–Trinajstić information content (AvgIpc) is 2.84. The number of aromatic nitrogens is 2. The minimum atomic E-state index is -0.282. The van der Waals surface area contributed by atoms with E-state index < -0.39 is 0 Å². The zero-order chi connectivity index (χ0) is 25.8. The molecule has 0 saturated heterocycles. The van der Waals surface area contributed by atoms with Crippen molar-refractivity contribution in [2.24, 2.45) is 12.0 Å². The summed E-state index contributed by atoms with van der Waals surface area (Å²) in [6.45, 7) is 14.2. The van der Waals surface area contributed by atoms with Gasteiger partial charge in [0.25, 0.3) is 5.91 Å². The zero-order valence-corrected chi connectivity index (χ0v) is 20.8. The number of carbonyl (C=O) groups excluding carboxylic acids is 1. The normalized spacial score (nSPS) is 11.7. The molecule has 0 spiro atoms. The minimum absolute atomic E-state index is 0.248. The number of nitrogens with zero attached hydrogens (tertiary/aromatic N) is 3. The highest BCUT2D eigenvalue weighted by atomic mass is 19.1. The van der Waals surface area contributed by atoms with Crippen LogP contribution in [0.5, 0.6) is 0 Å². The molecule has 6 nitrogen and oxygen atoms in total. The summed E-state index contributed by atoms with van der Waals surface area (Å²) in [5.41, 5.74) is 4.10. The molecule has 2 rings (SSSR count). The molecule has 182 valence electrons. The van der Waals surface area contributed by atoms with E-state index >= 15 is 0 Å². The number of hydrogen-bond donors (Lipinski definition) is 2. The largest absolute Gasteiger partial charge is 0.380 e. The summed E-state index contributed by atoms with van der Waals surface area (Å²) >= 11 is 0. The van der Waals surface area contributed by atoms with Gasteiger partial charge < -0.3 is 15.2 Å². The third kappa shape index (κ3) is 7.97. The van der Waals surface area contributed by atoms with Gasteiger partial charge in [0.2, 0.25) is 5.62 Å². The van der Waals surface area contributed by atoms with Crippen LogP contribution >= 0.6 is 0 Å². The minimum Gasteiger partial charge on any atom is -0.380 e. The van der Waals surface area contributed by atoms with E-state index in [9.17, 15) is 9.18 Å². The van der Waals surface area contributed by atoms with Gasteiger partial charge in [-0.2, -0.15) is 0 Å². The van der Waals surface area contributed by atoms with Gasteiger partial charge in [-0.05, 0) is 49.6 Å². The number of amides is 1. The molecule has 2 aromatic rings. The van der Waals surface area contributed by atoms with Crippen LogP contribution in [0.15, 0.2) is 72.3 Å². The fraction of sp³-hybridized carbons (Fsp3) is 0.250. The van der Waals surface area contributed by atoms with E-state index in [1.165, 1.54) is 6.07 Å². The fourth-order valence-electron chi connectivity index (χ4n) is 3.18. The van der Waals surface area contributed by atoms with Crippen LogP contribution in [-0.4, -0.2) is 28.5 Å². The second-order valence-corrected chi connectivity index (χ2v) is 7.70. The summed E-state index contributed by atoms with van der Waals surface area (Å²) < 4.78 is 15.2. The highest BCUT2D eigenvalue weighted by molar-refractivity contribution is 5.93. The van der Waals surface area contributed by atoms with Crippen molar-refractivity contribution in [2.75, 3.05) is 13.1 Å². The van der Waals surface area contributed by atoms with Gasteiger partial charge in [0.05, 0.1) is 11.4 Å². The molecule has 2 N–H and O–H groups in total. The molecule has 1 aromatic heterocycles. The van der Waals surface area contributed by atoms with Crippen LogP contribution in [0.25, 0.3) is 5.70 Å². The second kappa shape index (κ2) is 13.5. The van der Waals surface area contributed by atoms with E-state index in [4.69, 9.17) is 0 Å². The van der Waals surface area contributed by atoms with Crippen LogP contribution in [0.1, 0.15) is 41.2 Å². The van der Waals surface area contributed by atoms with Crippen molar-refractivity contribution in [1.29, 1.82) is 0 Å². The quantitative estimate of drug-likeness (QED) is 0.405. The van der Waals surface area contributed by atoms with Gasteiger partial charge >= 0.3 is 0 Å². The zero-order valence-electron chi connectivity index (χ0n) is 20.8. The molecule has 0 bridgehead atoms. The molecule has 0 aliphatic rings. The molecule has 7 heteroatoms. The summed E-state index contributed by atoms with van der Waals surface area (Å²) in [7, 11) is 1.73. The van der Waals surface area contributed by atoms with Crippen molar-refractivity contribution in [3.05, 3.63) is 101 Å². The molecule has 0 aliphatic carbocycles. The van der Waals surface area contributed by atoms with E-state index in [1.807, 2.05) is 25.2 Å². The molecule has 0 aliphatic heterocycles. The maximum absolute atomic E-state index is 13.6. The molecule has 0 unspecified atom stereocenters. The van der Waals surface area contributed by atoms with E-state index in [2.05, 4.69) is 45.6 Å². The third-order valence-corrected chi connectivity index (χ3v) is 5.07. The molecular weight excluding hydrogens is 441 g/mol. The monoisotopic (exact) mass is 473 g/mol. The molecule has 0 radical (unpaired) electrons. The number of rotatable bonds is 10. The van der Waals surface area contributed by atoms with Gasteiger partial charge in [0.15, 0.2) is 0 Å². The highest BCUT2D eigenvalue weighted by Gasteiger charge is 2.14. The van der Waals surface area contributed by atoms with Crippen molar-refractivity contribution < 1.29 is 9.18 Å². The predicted octanol–water partition coefficient (Wildman–Crippen LogP) is 3.97. The lowest BCUT2D eigenvalue weighted by molar-refractivity contribution is 0.0947. The first kappa shape index (κ1) is 27.1.